The topological polar surface area (TPSA) is 97.1 Å². The van der Waals surface area contributed by atoms with Crippen molar-refractivity contribution in [3.63, 3.8) is 0 Å². The molecular formula is C21H25F3N4O5. The molecule has 9 nitrogen and oxygen atoms in total. The minimum absolute atomic E-state index is 0.0224. The minimum atomic E-state index is -5.08. The smallest absolute Gasteiger partial charge is 0.486 e. The lowest BCUT2D eigenvalue weighted by molar-refractivity contribution is -0.192. The van der Waals surface area contributed by atoms with Crippen molar-refractivity contribution >= 4 is 11.9 Å². The third-order valence-corrected chi connectivity index (χ3v) is 5.02. The van der Waals surface area contributed by atoms with E-state index in [1.165, 1.54) is 0 Å². The number of halogens is 3. The molecule has 2 aromatic rings. The second-order valence-corrected chi connectivity index (χ2v) is 7.95. The van der Waals surface area contributed by atoms with Gasteiger partial charge in [0.15, 0.2) is 11.5 Å². The van der Waals surface area contributed by atoms with Crippen LogP contribution >= 0.6 is 0 Å². The van der Waals surface area contributed by atoms with Crippen molar-refractivity contribution < 1.29 is 37.3 Å². The summed E-state index contributed by atoms with van der Waals surface area (Å²) in [5.41, 5.74) is 1.63. The summed E-state index contributed by atoms with van der Waals surface area (Å²) in [6, 6.07) is 7.50. The molecule has 1 amide bonds. The summed E-state index contributed by atoms with van der Waals surface area (Å²) in [5.74, 6) is -1.26. The Morgan fingerprint density at radius 2 is 1.88 bits per heavy atom. The third kappa shape index (κ3) is 6.15. The van der Waals surface area contributed by atoms with E-state index < -0.39 is 12.1 Å². The lowest BCUT2D eigenvalue weighted by Crippen LogP contribution is -2.37. The van der Waals surface area contributed by atoms with E-state index >= 15 is 0 Å². The molecular weight excluding hydrogens is 445 g/mol. The van der Waals surface area contributed by atoms with E-state index in [9.17, 15) is 18.0 Å². The van der Waals surface area contributed by atoms with Gasteiger partial charge >= 0.3 is 12.1 Å². The van der Waals surface area contributed by atoms with E-state index in [4.69, 9.17) is 19.4 Å². The lowest BCUT2D eigenvalue weighted by Gasteiger charge is -2.27. The van der Waals surface area contributed by atoms with Gasteiger partial charge in [-0.05, 0) is 32.3 Å². The molecule has 1 aromatic carbocycles. The molecule has 0 saturated heterocycles. The first-order valence-corrected chi connectivity index (χ1v) is 10.2. The average molecular weight is 470 g/mol. The van der Waals surface area contributed by atoms with Crippen LogP contribution in [-0.2, 0) is 17.9 Å². The number of carbonyl (C=O) groups excluding carboxylic acids is 1. The van der Waals surface area contributed by atoms with Crippen LogP contribution in [0.1, 0.15) is 16.1 Å². The van der Waals surface area contributed by atoms with Gasteiger partial charge in [-0.3, -0.25) is 9.48 Å². The predicted octanol–water partition coefficient (Wildman–Crippen LogP) is 2.12. The van der Waals surface area contributed by atoms with E-state index in [0.29, 0.717) is 49.3 Å². The highest BCUT2D eigenvalue weighted by Crippen LogP contribution is 2.35. The molecule has 1 aromatic heterocycles. The van der Waals surface area contributed by atoms with Crippen molar-refractivity contribution in [2.75, 3.05) is 40.4 Å². The van der Waals surface area contributed by atoms with Gasteiger partial charge in [-0.2, -0.15) is 18.3 Å². The standard InChI is InChI=1S/C19H24N4O3.C2HF3O2/c1-21(2)10-14-11-22(13-15-6-7-20-23(15)12-14)19(24)16-4-3-5-17-18(16)26-9-8-25-17;3-2(4,5)1(6)7/h3-7,14H,8-13H2,1-2H3;(H,6,7). The Kier molecular flexibility index (Phi) is 7.46. The quantitative estimate of drug-likeness (QED) is 0.734. The number of amides is 1. The molecule has 33 heavy (non-hydrogen) atoms. The Bertz CT molecular complexity index is 993. The van der Waals surface area contributed by atoms with E-state index in [-0.39, 0.29) is 5.91 Å². The highest BCUT2D eigenvalue weighted by Gasteiger charge is 2.38. The van der Waals surface area contributed by atoms with E-state index in [0.717, 1.165) is 18.8 Å². The summed E-state index contributed by atoms with van der Waals surface area (Å²) in [6.07, 6.45) is -3.28. The monoisotopic (exact) mass is 470 g/mol. The molecule has 3 heterocycles. The van der Waals surface area contributed by atoms with Gasteiger partial charge in [-0.25, -0.2) is 4.79 Å². The summed E-state index contributed by atoms with van der Waals surface area (Å²) < 4.78 is 45.1. The highest BCUT2D eigenvalue weighted by molar-refractivity contribution is 5.98. The molecule has 1 atom stereocenters. The molecule has 1 N–H and O–H groups in total. The van der Waals surface area contributed by atoms with Crippen LogP contribution < -0.4 is 9.47 Å². The van der Waals surface area contributed by atoms with Crippen molar-refractivity contribution in [1.82, 2.24) is 19.6 Å². The fraction of sp³-hybridized carbons (Fsp3) is 0.476. The van der Waals surface area contributed by atoms with Crippen LogP contribution in [0.15, 0.2) is 30.5 Å². The number of ether oxygens (including phenoxy) is 2. The van der Waals surface area contributed by atoms with Gasteiger partial charge in [0.05, 0.1) is 17.8 Å². The number of hydrogen-bond acceptors (Lipinski definition) is 6. The molecule has 0 aliphatic carbocycles. The lowest BCUT2D eigenvalue weighted by atomic mass is 10.1. The Balaban J connectivity index is 0.000000383. The largest absolute Gasteiger partial charge is 0.490 e. The van der Waals surface area contributed by atoms with Crippen LogP contribution in [0.4, 0.5) is 13.2 Å². The van der Waals surface area contributed by atoms with Crippen LogP contribution in [0.3, 0.4) is 0 Å². The van der Waals surface area contributed by atoms with Crippen molar-refractivity contribution in [3.8, 4) is 11.5 Å². The van der Waals surface area contributed by atoms with Gasteiger partial charge in [0.25, 0.3) is 5.91 Å². The van der Waals surface area contributed by atoms with Gasteiger partial charge in [-0.15, -0.1) is 0 Å². The van der Waals surface area contributed by atoms with Crippen LogP contribution in [0, 0.1) is 5.92 Å². The number of rotatable bonds is 3. The molecule has 0 bridgehead atoms. The summed E-state index contributed by atoms with van der Waals surface area (Å²) in [7, 11) is 4.11. The van der Waals surface area contributed by atoms with E-state index in [1.807, 2.05) is 33.8 Å². The Morgan fingerprint density at radius 1 is 1.18 bits per heavy atom. The first-order chi connectivity index (χ1) is 15.6. The van der Waals surface area contributed by atoms with Gasteiger partial charge in [0.2, 0.25) is 0 Å². The van der Waals surface area contributed by atoms with Crippen LogP contribution in [0.25, 0.3) is 0 Å². The van der Waals surface area contributed by atoms with Crippen LogP contribution in [0.2, 0.25) is 0 Å². The van der Waals surface area contributed by atoms with Crippen molar-refractivity contribution in [1.29, 1.82) is 0 Å². The van der Waals surface area contributed by atoms with Gasteiger partial charge in [0.1, 0.15) is 13.2 Å². The van der Waals surface area contributed by atoms with Crippen molar-refractivity contribution in [2.45, 2.75) is 19.3 Å². The van der Waals surface area contributed by atoms with Crippen LogP contribution in [-0.4, -0.2) is 83.1 Å². The summed E-state index contributed by atoms with van der Waals surface area (Å²) in [5, 5.41) is 11.6. The summed E-state index contributed by atoms with van der Waals surface area (Å²) >= 11 is 0. The predicted molar refractivity (Wildman–Crippen MR) is 110 cm³/mol. The van der Waals surface area contributed by atoms with Gasteiger partial charge in [-0.1, -0.05) is 6.07 Å². The zero-order chi connectivity index (χ0) is 24.2. The summed E-state index contributed by atoms with van der Waals surface area (Å²) in [4.78, 5) is 26.3. The minimum Gasteiger partial charge on any atom is -0.486 e. The highest BCUT2D eigenvalue weighted by atomic mass is 19.4. The zero-order valence-electron chi connectivity index (χ0n) is 18.2. The molecule has 1 unspecified atom stereocenters. The molecule has 0 radical (unpaired) electrons. The number of hydrogen-bond donors (Lipinski definition) is 1. The van der Waals surface area contributed by atoms with E-state index in [1.54, 1.807) is 6.20 Å². The molecule has 2 aliphatic rings. The SMILES string of the molecule is CN(C)CC1CN(C(=O)c2cccc3c2OCCO3)Cc2ccnn2C1.O=C(O)C(F)(F)F. The first kappa shape index (κ1) is 24.4. The number of para-hydroxylation sites is 1. The van der Waals surface area contributed by atoms with Gasteiger partial charge < -0.3 is 24.4 Å². The number of alkyl halides is 3. The third-order valence-electron chi connectivity index (χ3n) is 5.02. The van der Waals surface area contributed by atoms with Crippen molar-refractivity contribution in [3.05, 3.63) is 41.7 Å². The maximum absolute atomic E-state index is 13.3. The number of aromatic nitrogens is 2. The molecule has 0 spiro atoms. The maximum Gasteiger partial charge on any atom is 0.490 e. The number of carboxylic acid groups (broad SMARTS) is 1. The molecule has 0 fully saturated rings. The normalized spacial score (nSPS) is 17.5. The van der Waals surface area contributed by atoms with Crippen LogP contribution in [0.5, 0.6) is 11.5 Å². The number of benzene rings is 1. The molecule has 4 rings (SSSR count). The number of carboxylic acids is 1. The number of carbonyl (C=O) groups is 2. The Morgan fingerprint density at radius 3 is 2.55 bits per heavy atom. The molecule has 180 valence electrons. The number of nitrogens with zero attached hydrogens (tertiary/aromatic N) is 4. The molecule has 12 heteroatoms. The fourth-order valence-corrected chi connectivity index (χ4v) is 3.73. The first-order valence-electron chi connectivity index (χ1n) is 10.2. The Labute approximate surface area is 188 Å². The Hall–Kier alpha value is -3.28. The molecule has 0 saturated carbocycles. The van der Waals surface area contributed by atoms with E-state index in [2.05, 4.69) is 24.1 Å². The van der Waals surface area contributed by atoms with Gasteiger partial charge in [0, 0.05) is 31.7 Å². The summed E-state index contributed by atoms with van der Waals surface area (Å²) in [6.45, 7) is 3.93. The zero-order valence-corrected chi connectivity index (χ0v) is 18.2. The van der Waals surface area contributed by atoms with Crippen molar-refractivity contribution in [2.24, 2.45) is 5.92 Å². The maximum atomic E-state index is 13.3. The fourth-order valence-electron chi connectivity index (χ4n) is 3.73. The average Bonchev–Trinajstić information content (AvgIpc) is 3.10. The number of aliphatic carboxylic acids is 1. The molecule has 2 aliphatic heterocycles. The second kappa shape index (κ2) is 10.1. The number of fused-ring (bicyclic) bond motifs is 2. The second-order valence-electron chi connectivity index (χ2n) is 7.95.